The molecule has 2 aromatic rings. The van der Waals surface area contributed by atoms with Crippen molar-refractivity contribution in [2.24, 2.45) is 5.84 Å². The molecule has 0 unspecified atom stereocenters. The number of amides is 1. The second-order valence-electron chi connectivity index (χ2n) is 4.43. The summed E-state index contributed by atoms with van der Waals surface area (Å²) in [6.45, 7) is 1.85. The van der Waals surface area contributed by atoms with Crippen LogP contribution in [0.25, 0.3) is 0 Å². The standard InChI is InChI=1S/C15H13ClN4O/c1-9-6-11(3-5-13(9)20-18)15(21)19-14-4-2-10(8-17)7-12(14)16/h2-7,20H,18H2,1H3,(H,19,21). The number of nitriles is 1. The Morgan fingerprint density at radius 3 is 2.52 bits per heavy atom. The molecule has 2 aromatic carbocycles. The van der Waals surface area contributed by atoms with Gasteiger partial charge >= 0.3 is 0 Å². The lowest BCUT2D eigenvalue weighted by molar-refractivity contribution is 0.102. The molecule has 5 nitrogen and oxygen atoms in total. The maximum absolute atomic E-state index is 12.2. The molecular formula is C15H13ClN4O. The van der Waals surface area contributed by atoms with Gasteiger partial charge in [-0.05, 0) is 48.9 Å². The highest BCUT2D eigenvalue weighted by Crippen LogP contribution is 2.24. The van der Waals surface area contributed by atoms with Gasteiger partial charge in [0.1, 0.15) is 0 Å². The van der Waals surface area contributed by atoms with Crippen molar-refractivity contribution in [3.05, 3.63) is 58.1 Å². The van der Waals surface area contributed by atoms with Crippen LogP contribution in [-0.4, -0.2) is 5.91 Å². The van der Waals surface area contributed by atoms with Crippen LogP contribution >= 0.6 is 11.6 Å². The first-order valence-corrected chi connectivity index (χ1v) is 6.51. The van der Waals surface area contributed by atoms with Crippen LogP contribution in [0, 0.1) is 18.3 Å². The molecule has 0 spiro atoms. The lowest BCUT2D eigenvalue weighted by Gasteiger charge is -2.10. The number of benzene rings is 2. The van der Waals surface area contributed by atoms with E-state index in [9.17, 15) is 4.79 Å². The summed E-state index contributed by atoms with van der Waals surface area (Å²) in [5.74, 6) is 5.07. The Balaban J connectivity index is 2.22. The van der Waals surface area contributed by atoms with Gasteiger partial charge < -0.3 is 10.7 Å². The third-order valence-electron chi connectivity index (χ3n) is 2.99. The van der Waals surface area contributed by atoms with Crippen LogP contribution in [0.2, 0.25) is 5.02 Å². The molecule has 0 atom stereocenters. The quantitative estimate of drug-likeness (QED) is 0.600. The van der Waals surface area contributed by atoms with E-state index in [1.807, 2.05) is 13.0 Å². The molecule has 106 valence electrons. The molecule has 0 saturated carbocycles. The highest BCUT2D eigenvalue weighted by Gasteiger charge is 2.10. The molecule has 0 bridgehead atoms. The number of carbonyl (C=O) groups excluding carboxylic acids is 1. The van der Waals surface area contributed by atoms with E-state index >= 15 is 0 Å². The Morgan fingerprint density at radius 1 is 1.24 bits per heavy atom. The fourth-order valence-corrected chi connectivity index (χ4v) is 2.08. The minimum atomic E-state index is -0.284. The Morgan fingerprint density at radius 2 is 1.95 bits per heavy atom. The SMILES string of the molecule is Cc1cc(C(=O)Nc2ccc(C#N)cc2Cl)ccc1NN. The van der Waals surface area contributed by atoms with Crippen molar-refractivity contribution < 1.29 is 4.79 Å². The first-order chi connectivity index (χ1) is 10.0. The molecule has 0 aliphatic carbocycles. The molecule has 0 aliphatic heterocycles. The van der Waals surface area contributed by atoms with Gasteiger partial charge in [-0.25, -0.2) is 0 Å². The van der Waals surface area contributed by atoms with Crippen molar-refractivity contribution in [1.29, 1.82) is 5.26 Å². The van der Waals surface area contributed by atoms with E-state index in [0.717, 1.165) is 11.3 Å². The fourth-order valence-electron chi connectivity index (χ4n) is 1.85. The number of hydrazine groups is 1. The molecule has 2 rings (SSSR count). The Labute approximate surface area is 127 Å². The van der Waals surface area contributed by atoms with Gasteiger partial charge in [0.05, 0.1) is 28.0 Å². The number of halogens is 1. The number of aryl methyl sites for hydroxylation is 1. The highest BCUT2D eigenvalue weighted by atomic mass is 35.5. The van der Waals surface area contributed by atoms with Gasteiger partial charge in [-0.3, -0.25) is 10.6 Å². The predicted molar refractivity (Wildman–Crippen MR) is 83.1 cm³/mol. The molecule has 0 saturated heterocycles. The molecule has 21 heavy (non-hydrogen) atoms. The van der Waals surface area contributed by atoms with Gasteiger partial charge in [0, 0.05) is 5.56 Å². The first kappa shape index (κ1) is 14.9. The van der Waals surface area contributed by atoms with E-state index in [4.69, 9.17) is 22.7 Å². The van der Waals surface area contributed by atoms with Gasteiger partial charge in [0.15, 0.2) is 0 Å². The van der Waals surface area contributed by atoms with E-state index in [1.165, 1.54) is 6.07 Å². The summed E-state index contributed by atoms with van der Waals surface area (Å²) in [6.07, 6.45) is 0. The molecule has 0 fully saturated rings. The number of hydrogen-bond acceptors (Lipinski definition) is 4. The fraction of sp³-hybridized carbons (Fsp3) is 0.0667. The van der Waals surface area contributed by atoms with Gasteiger partial charge in [-0.15, -0.1) is 0 Å². The van der Waals surface area contributed by atoms with E-state index in [0.29, 0.717) is 21.8 Å². The Kier molecular flexibility index (Phi) is 4.43. The van der Waals surface area contributed by atoms with Gasteiger partial charge in [0.2, 0.25) is 0 Å². The van der Waals surface area contributed by atoms with Crippen molar-refractivity contribution >= 4 is 28.9 Å². The summed E-state index contributed by atoms with van der Waals surface area (Å²) in [7, 11) is 0. The number of carbonyl (C=O) groups is 1. The predicted octanol–water partition coefficient (Wildman–Crippen LogP) is 3.06. The minimum absolute atomic E-state index is 0.284. The molecule has 0 aliphatic rings. The van der Waals surface area contributed by atoms with Crippen molar-refractivity contribution in [2.45, 2.75) is 6.92 Å². The molecule has 0 aromatic heterocycles. The zero-order valence-corrected chi connectivity index (χ0v) is 12.0. The molecule has 0 radical (unpaired) electrons. The number of nitrogen functional groups attached to an aromatic ring is 1. The summed E-state index contributed by atoms with van der Waals surface area (Å²) >= 11 is 6.03. The van der Waals surface area contributed by atoms with Crippen LogP contribution in [0.3, 0.4) is 0 Å². The van der Waals surface area contributed by atoms with Crippen molar-refractivity contribution in [1.82, 2.24) is 0 Å². The number of nitrogens with zero attached hydrogens (tertiary/aromatic N) is 1. The molecule has 4 N–H and O–H groups in total. The Bertz CT molecular complexity index is 737. The van der Waals surface area contributed by atoms with Crippen LogP contribution in [0.4, 0.5) is 11.4 Å². The number of rotatable bonds is 3. The molecule has 0 heterocycles. The maximum Gasteiger partial charge on any atom is 0.255 e. The van der Waals surface area contributed by atoms with E-state index in [-0.39, 0.29) is 5.91 Å². The van der Waals surface area contributed by atoms with Crippen molar-refractivity contribution in [3.63, 3.8) is 0 Å². The summed E-state index contributed by atoms with van der Waals surface area (Å²) in [6, 6.07) is 11.8. The topological polar surface area (TPSA) is 90.9 Å². The second-order valence-corrected chi connectivity index (χ2v) is 4.84. The minimum Gasteiger partial charge on any atom is -0.324 e. The first-order valence-electron chi connectivity index (χ1n) is 6.13. The van der Waals surface area contributed by atoms with E-state index in [2.05, 4.69) is 10.7 Å². The Hall–Kier alpha value is -2.55. The third kappa shape index (κ3) is 3.31. The molecule has 6 heteroatoms. The third-order valence-corrected chi connectivity index (χ3v) is 3.30. The maximum atomic E-state index is 12.2. The van der Waals surface area contributed by atoms with Gasteiger partial charge in [0.25, 0.3) is 5.91 Å². The monoisotopic (exact) mass is 300 g/mol. The number of nitrogens with one attached hydrogen (secondary N) is 2. The number of hydrogen-bond donors (Lipinski definition) is 3. The largest absolute Gasteiger partial charge is 0.324 e. The van der Waals surface area contributed by atoms with Gasteiger partial charge in [-0.1, -0.05) is 11.6 Å². The number of anilines is 2. The molecule has 1 amide bonds. The van der Waals surface area contributed by atoms with Crippen LogP contribution in [0.5, 0.6) is 0 Å². The summed E-state index contributed by atoms with van der Waals surface area (Å²) < 4.78 is 0. The van der Waals surface area contributed by atoms with Crippen molar-refractivity contribution in [2.75, 3.05) is 10.7 Å². The zero-order valence-electron chi connectivity index (χ0n) is 11.3. The van der Waals surface area contributed by atoms with Crippen LogP contribution in [0.15, 0.2) is 36.4 Å². The lowest BCUT2D eigenvalue weighted by Crippen LogP contribution is -2.14. The van der Waals surface area contributed by atoms with Crippen LogP contribution in [0.1, 0.15) is 21.5 Å². The normalized spacial score (nSPS) is 9.81. The van der Waals surface area contributed by atoms with E-state index < -0.39 is 0 Å². The average molecular weight is 301 g/mol. The smallest absolute Gasteiger partial charge is 0.255 e. The second kappa shape index (κ2) is 6.27. The highest BCUT2D eigenvalue weighted by molar-refractivity contribution is 6.34. The van der Waals surface area contributed by atoms with Gasteiger partial charge in [-0.2, -0.15) is 5.26 Å². The van der Waals surface area contributed by atoms with E-state index in [1.54, 1.807) is 30.3 Å². The average Bonchev–Trinajstić information content (AvgIpc) is 2.49. The van der Waals surface area contributed by atoms with Crippen LogP contribution in [-0.2, 0) is 0 Å². The summed E-state index contributed by atoms with van der Waals surface area (Å²) in [5, 5.41) is 11.8. The van der Waals surface area contributed by atoms with Crippen molar-refractivity contribution in [3.8, 4) is 6.07 Å². The summed E-state index contributed by atoms with van der Waals surface area (Å²) in [4.78, 5) is 12.2. The number of nitrogens with two attached hydrogens (primary N) is 1. The summed E-state index contributed by atoms with van der Waals surface area (Å²) in [5.41, 5.74) is 5.55. The zero-order chi connectivity index (χ0) is 15.4. The lowest BCUT2D eigenvalue weighted by atomic mass is 10.1. The molecular weight excluding hydrogens is 288 g/mol. The van der Waals surface area contributed by atoms with Crippen LogP contribution < -0.4 is 16.6 Å².